The lowest BCUT2D eigenvalue weighted by atomic mass is 10.1. The molecule has 3 nitrogen and oxygen atoms in total. The first-order valence-corrected chi connectivity index (χ1v) is 6.89. The van der Waals surface area contributed by atoms with E-state index in [2.05, 4.69) is 5.32 Å². The van der Waals surface area contributed by atoms with Gasteiger partial charge in [-0.2, -0.15) is 11.8 Å². The number of nitrogens with one attached hydrogen (secondary N) is 1. The zero-order chi connectivity index (χ0) is 13.7. The summed E-state index contributed by atoms with van der Waals surface area (Å²) in [7, 11) is 0. The van der Waals surface area contributed by atoms with Gasteiger partial charge in [0.2, 0.25) is 0 Å². The second kappa shape index (κ2) is 6.58. The van der Waals surface area contributed by atoms with Crippen molar-refractivity contribution >= 4 is 23.4 Å². The summed E-state index contributed by atoms with van der Waals surface area (Å²) in [6.07, 6.45) is 2.72. The highest BCUT2D eigenvalue weighted by Crippen LogP contribution is 2.17. The van der Waals surface area contributed by atoms with Crippen LogP contribution in [0.25, 0.3) is 0 Å². The molecule has 0 aliphatic rings. The number of amides is 1. The van der Waals surface area contributed by atoms with Crippen LogP contribution in [0.2, 0.25) is 0 Å². The van der Waals surface area contributed by atoms with Crippen LogP contribution in [0.4, 0.5) is 14.5 Å². The Hall–Kier alpha value is -1.30. The second-order valence-electron chi connectivity index (χ2n) is 4.01. The normalized spacial score (nSPS) is 12.2. The summed E-state index contributed by atoms with van der Waals surface area (Å²) in [5.74, 6) is -1.37. The summed E-state index contributed by atoms with van der Waals surface area (Å²) in [6.45, 7) is 1.81. The number of anilines is 1. The van der Waals surface area contributed by atoms with Crippen molar-refractivity contribution in [1.29, 1.82) is 0 Å². The minimum Gasteiger partial charge on any atom is -0.396 e. The lowest BCUT2D eigenvalue weighted by molar-refractivity contribution is 0.0935. The Morgan fingerprint density at radius 1 is 1.50 bits per heavy atom. The Morgan fingerprint density at radius 2 is 2.17 bits per heavy atom. The Balaban J connectivity index is 2.78. The third kappa shape index (κ3) is 3.87. The first-order chi connectivity index (χ1) is 8.45. The topological polar surface area (TPSA) is 55.1 Å². The molecule has 0 aliphatic carbocycles. The zero-order valence-corrected chi connectivity index (χ0v) is 11.1. The Labute approximate surface area is 109 Å². The minimum atomic E-state index is -0.883. The van der Waals surface area contributed by atoms with Crippen molar-refractivity contribution in [1.82, 2.24) is 5.32 Å². The van der Waals surface area contributed by atoms with E-state index in [1.165, 1.54) is 0 Å². The number of carbonyl (C=O) groups is 1. The summed E-state index contributed by atoms with van der Waals surface area (Å²) in [6, 6.07) is 1.60. The molecule has 0 aromatic heterocycles. The lowest BCUT2D eigenvalue weighted by Crippen LogP contribution is -2.33. The molecule has 0 radical (unpaired) electrons. The molecule has 0 aliphatic heterocycles. The quantitative estimate of drug-likeness (QED) is 0.811. The van der Waals surface area contributed by atoms with Gasteiger partial charge in [-0.15, -0.1) is 0 Å². The van der Waals surface area contributed by atoms with Crippen LogP contribution in [0.1, 0.15) is 23.7 Å². The van der Waals surface area contributed by atoms with E-state index in [0.29, 0.717) is 0 Å². The molecule has 0 saturated heterocycles. The van der Waals surface area contributed by atoms with Gasteiger partial charge in [0, 0.05) is 6.04 Å². The van der Waals surface area contributed by atoms with Crippen LogP contribution < -0.4 is 11.1 Å². The van der Waals surface area contributed by atoms with Gasteiger partial charge in [0.05, 0.1) is 11.3 Å². The third-order valence-electron chi connectivity index (χ3n) is 2.44. The summed E-state index contributed by atoms with van der Waals surface area (Å²) in [5, 5.41) is 2.61. The molecule has 1 amide bonds. The van der Waals surface area contributed by atoms with E-state index in [4.69, 9.17) is 5.73 Å². The molecule has 100 valence electrons. The van der Waals surface area contributed by atoms with Gasteiger partial charge in [-0.05, 0) is 37.5 Å². The summed E-state index contributed by atoms with van der Waals surface area (Å²) >= 11 is 1.66. The summed E-state index contributed by atoms with van der Waals surface area (Å²) in [5.41, 5.74) is 4.55. The summed E-state index contributed by atoms with van der Waals surface area (Å²) < 4.78 is 26.7. The number of carbonyl (C=O) groups excluding carboxylic acids is 1. The molecule has 6 heteroatoms. The van der Waals surface area contributed by atoms with Gasteiger partial charge >= 0.3 is 0 Å². The maximum absolute atomic E-state index is 13.6. The predicted octanol–water partition coefficient (Wildman–Crippen LogP) is 2.42. The molecular formula is C12H16F2N2OS. The first-order valence-electron chi connectivity index (χ1n) is 5.50. The monoisotopic (exact) mass is 274 g/mol. The molecule has 0 fully saturated rings. The van der Waals surface area contributed by atoms with E-state index in [0.717, 1.165) is 24.3 Å². The number of rotatable bonds is 5. The highest BCUT2D eigenvalue weighted by Gasteiger charge is 2.17. The van der Waals surface area contributed by atoms with Crippen LogP contribution in [0.15, 0.2) is 12.1 Å². The highest BCUT2D eigenvalue weighted by molar-refractivity contribution is 7.98. The van der Waals surface area contributed by atoms with Crippen LogP contribution >= 0.6 is 11.8 Å². The largest absolute Gasteiger partial charge is 0.396 e. The maximum atomic E-state index is 13.6. The average molecular weight is 274 g/mol. The average Bonchev–Trinajstić information content (AvgIpc) is 2.30. The molecule has 1 aromatic carbocycles. The van der Waals surface area contributed by atoms with E-state index in [1.54, 1.807) is 11.8 Å². The number of hydrogen-bond acceptors (Lipinski definition) is 3. The maximum Gasteiger partial charge on any atom is 0.254 e. The highest BCUT2D eigenvalue weighted by atomic mass is 32.2. The minimum absolute atomic E-state index is 0.103. The van der Waals surface area contributed by atoms with E-state index in [1.807, 2.05) is 13.2 Å². The van der Waals surface area contributed by atoms with Gasteiger partial charge in [-0.1, -0.05) is 0 Å². The molecule has 0 heterocycles. The van der Waals surface area contributed by atoms with E-state index >= 15 is 0 Å². The van der Waals surface area contributed by atoms with Gasteiger partial charge in [0.1, 0.15) is 5.82 Å². The number of halogens is 2. The number of nitrogen functional groups attached to an aromatic ring is 1. The van der Waals surface area contributed by atoms with Gasteiger partial charge in [0.25, 0.3) is 5.91 Å². The molecule has 3 N–H and O–H groups in total. The van der Waals surface area contributed by atoms with Crippen molar-refractivity contribution in [3.8, 4) is 0 Å². The van der Waals surface area contributed by atoms with Crippen molar-refractivity contribution < 1.29 is 13.6 Å². The Bertz CT molecular complexity index is 440. The second-order valence-corrected chi connectivity index (χ2v) is 5.00. The Kier molecular flexibility index (Phi) is 5.40. The molecule has 1 atom stereocenters. The van der Waals surface area contributed by atoms with Crippen LogP contribution in [0.3, 0.4) is 0 Å². The number of nitrogens with two attached hydrogens (primary N) is 1. The van der Waals surface area contributed by atoms with Crippen molar-refractivity contribution in [3.63, 3.8) is 0 Å². The fourth-order valence-electron chi connectivity index (χ4n) is 1.44. The van der Waals surface area contributed by atoms with E-state index in [9.17, 15) is 13.6 Å². The van der Waals surface area contributed by atoms with Crippen molar-refractivity contribution in [2.45, 2.75) is 19.4 Å². The fourth-order valence-corrected chi connectivity index (χ4v) is 2.03. The summed E-state index contributed by atoms with van der Waals surface area (Å²) in [4.78, 5) is 11.8. The molecule has 1 aromatic rings. The first kappa shape index (κ1) is 14.8. The molecule has 0 spiro atoms. The van der Waals surface area contributed by atoms with E-state index < -0.39 is 17.5 Å². The van der Waals surface area contributed by atoms with Crippen LogP contribution in [0.5, 0.6) is 0 Å². The van der Waals surface area contributed by atoms with Gasteiger partial charge in [0.15, 0.2) is 5.82 Å². The standard InChI is InChI=1S/C12H16F2N2OS/c1-7(3-4-18-2)16-12(17)9-5-8(13)6-10(15)11(9)14/h5-7H,3-4,15H2,1-2H3,(H,16,17). The molecule has 1 unspecified atom stereocenters. The van der Waals surface area contributed by atoms with Crippen molar-refractivity contribution in [2.24, 2.45) is 0 Å². The Morgan fingerprint density at radius 3 is 2.78 bits per heavy atom. The molecule has 18 heavy (non-hydrogen) atoms. The van der Waals surface area contributed by atoms with Crippen LogP contribution in [0, 0.1) is 11.6 Å². The zero-order valence-electron chi connectivity index (χ0n) is 10.3. The van der Waals surface area contributed by atoms with Crippen LogP contribution in [-0.2, 0) is 0 Å². The predicted molar refractivity (Wildman–Crippen MR) is 70.7 cm³/mol. The smallest absolute Gasteiger partial charge is 0.254 e. The third-order valence-corrected chi connectivity index (χ3v) is 3.09. The van der Waals surface area contributed by atoms with Gasteiger partial charge in [-0.25, -0.2) is 8.78 Å². The van der Waals surface area contributed by atoms with Crippen LogP contribution in [-0.4, -0.2) is 24.0 Å². The number of thioether (sulfide) groups is 1. The van der Waals surface area contributed by atoms with Gasteiger partial charge < -0.3 is 11.1 Å². The van der Waals surface area contributed by atoms with Crippen molar-refractivity contribution in [3.05, 3.63) is 29.3 Å². The molecular weight excluding hydrogens is 258 g/mol. The van der Waals surface area contributed by atoms with Gasteiger partial charge in [-0.3, -0.25) is 4.79 Å². The molecule has 0 saturated carbocycles. The van der Waals surface area contributed by atoms with E-state index in [-0.39, 0.29) is 17.3 Å². The number of benzene rings is 1. The SMILES string of the molecule is CSCCC(C)NC(=O)c1cc(F)cc(N)c1F. The molecule has 1 rings (SSSR count). The number of hydrogen-bond donors (Lipinski definition) is 2. The fraction of sp³-hybridized carbons (Fsp3) is 0.417. The van der Waals surface area contributed by atoms with Crippen molar-refractivity contribution in [2.75, 3.05) is 17.7 Å². The molecule has 0 bridgehead atoms. The lowest BCUT2D eigenvalue weighted by Gasteiger charge is -2.14.